The average molecular weight is 245 g/mol. The lowest BCUT2D eigenvalue weighted by atomic mass is 9.98. The molecule has 1 saturated heterocycles. The van der Waals surface area contributed by atoms with Crippen LogP contribution in [0.3, 0.4) is 0 Å². The summed E-state index contributed by atoms with van der Waals surface area (Å²) in [7, 11) is 1.74. The number of hydrogen-bond donors (Lipinski definition) is 3. The zero-order valence-corrected chi connectivity index (χ0v) is 10.5. The second kappa shape index (κ2) is 5.63. The molecule has 2 aliphatic rings. The Morgan fingerprint density at radius 1 is 1.18 bits per heavy atom. The molecule has 2 rings (SSSR count). The van der Waals surface area contributed by atoms with Gasteiger partial charge in [-0.1, -0.05) is 12.8 Å². The summed E-state index contributed by atoms with van der Waals surface area (Å²) < 4.78 is 11.5. The minimum absolute atomic E-state index is 0.227. The van der Waals surface area contributed by atoms with Gasteiger partial charge in [-0.25, -0.2) is 0 Å². The third-order valence-electron chi connectivity index (χ3n) is 3.80. The molecule has 0 amide bonds. The topological polar surface area (TPSA) is 71.0 Å². The zero-order chi connectivity index (χ0) is 12.4. The maximum absolute atomic E-state index is 9.98. The third kappa shape index (κ3) is 2.80. The molecule has 1 saturated carbocycles. The molecule has 5 atom stereocenters. The molecule has 5 heteroatoms. The van der Waals surface area contributed by atoms with E-state index >= 15 is 0 Å². The second-order valence-electron chi connectivity index (χ2n) is 5.05. The highest BCUT2D eigenvalue weighted by Gasteiger charge is 2.43. The Labute approximate surface area is 102 Å². The maximum Gasteiger partial charge on any atom is 0.176 e. The molecule has 2 fully saturated rings. The van der Waals surface area contributed by atoms with Crippen LogP contribution in [0.2, 0.25) is 0 Å². The number of aliphatic hydroxyl groups is 2. The van der Waals surface area contributed by atoms with Crippen molar-refractivity contribution in [3.63, 3.8) is 0 Å². The van der Waals surface area contributed by atoms with Gasteiger partial charge in [-0.2, -0.15) is 0 Å². The molecule has 1 aliphatic carbocycles. The fourth-order valence-corrected chi connectivity index (χ4v) is 2.67. The Morgan fingerprint density at radius 3 is 2.41 bits per heavy atom. The van der Waals surface area contributed by atoms with E-state index in [1.807, 2.05) is 0 Å². The van der Waals surface area contributed by atoms with Crippen molar-refractivity contribution in [2.45, 2.75) is 69.4 Å². The van der Waals surface area contributed by atoms with Crippen molar-refractivity contribution in [2.24, 2.45) is 0 Å². The van der Waals surface area contributed by atoms with Crippen LogP contribution < -0.4 is 5.32 Å². The normalized spacial score (nSPS) is 44.1. The molecular formula is C12H23NO4. The number of aliphatic hydroxyl groups excluding tert-OH is 2. The van der Waals surface area contributed by atoms with Gasteiger partial charge < -0.3 is 25.0 Å². The molecular weight excluding hydrogens is 222 g/mol. The molecule has 100 valence electrons. The van der Waals surface area contributed by atoms with Crippen LogP contribution in [0.1, 0.15) is 32.6 Å². The smallest absolute Gasteiger partial charge is 0.176 e. The fourth-order valence-electron chi connectivity index (χ4n) is 2.67. The Bertz CT molecular complexity index is 245. The van der Waals surface area contributed by atoms with E-state index in [0.717, 1.165) is 12.8 Å². The lowest BCUT2D eigenvalue weighted by Gasteiger charge is -2.42. The minimum atomic E-state index is -0.865. The summed E-state index contributed by atoms with van der Waals surface area (Å²) in [5.74, 6) is 0. The monoisotopic (exact) mass is 245 g/mol. The zero-order valence-electron chi connectivity index (χ0n) is 10.5. The summed E-state index contributed by atoms with van der Waals surface area (Å²) in [4.78, 5) is 0. The van der Waals surface area contributed by atoms with Crippen LogP contribution in [0.25, 0.3) is 0 Å². The van der Waals surface area contributed by atoms with Crippen molar-refractivity contribution in [3.05, 3.63) is 0 Å². The van der Waals surface area contributed by atoms with E-state index < -0.39 is 24.6 Å². The molecule has 0 aromatic carbocycles. The van der Waals surface area contributed by atoms with Crippen molar-refractivity contribution in [2.75, 3.05) is 7.05 Å². The van der Waals surface area contributed by atoms with Crippen molar-refractivity contribution in [1.82, 2.24) is 5.32 Å². The molecule has 0 spiro atoms. The van der Waals surface area contributed by atoms with Crippen LogP contribution in [0.5, 0.6) is 0 Å². The second-order valence-corrected chi connectivity index (χ2v) is 5.05. The van der Waals surface area contributed by atoms with Crippen LogP contribution in [0, 0.1) is 0 Å². The Kier molecular flexibility index (Phi) is 4.38. The van der Waals surface area contributed by atoms with Gasteiger partial charge in [0.25, 0.3) is 0 Å². The molecule has 17 heavy (non-hydrogen) atoms. The van der Waals surface area contributed by atoms with Crippen LogP contribution in [-0.2, 0) is 9.47 Å². The van der Waals surface area contributed by atoms with Crippen LogP contribution in [0.15, 0.2) is 0 Å². The first kappa shape index (κ1) is 13.2. The van der Waals surface area contributed by atoms with E-state index in [4.69, 9.17) is 9.47 Å². The predicted octanol–water partition coefficient (Wildman–Crippen LogP) is 0.000200. The van der Waals surface area contributed by atoms with Crippen molar-refractivity contribution in [3.8, 4) is 0 Å². The van der Waals surface area contributed by atoms with Gasteiger partial charge in [-0.15, -0.1) is 0 Å². The van der Waals surface area contributed by atoms with Crippen molar-refractivity contribution < 1.29 is 19.7 Å². The molecule has 0 bridgehead atoms. The van der Waals surface area contributed by atoms with E-state index in [2.05, 4.69) is 5.32 Å². The standard InChI is InChI=1S/C12H23NO4/c1-7-10(14)11(15)9(13-2)12(16-7)17-8-5-3-4-6-8/h7-15H,3-6H2,1-2H3/t7-,9-,10+,11-,12-/m1/s1. The molecule has 0 radical (unpaired) electrons. The molecule has 1 aliphatic heterocycles. The van der Waals surface area contributed by atoms with Gasteiger partial charge in [0, 0.05) is 0 Å². The SMILES string of the molecule is CN[C@H]1[C@@H](OC2CCCC2)O[C@H](C)[C@H](O)[C@@H]1O. The molecule has 3 N–H and O–H groups in total. The van der Waals surface area contributed by atoms with Gasteiger partial charge in [0.05, 0.1) is 18.2 Å². The number of ether oxygens (including phenoxy) is 2. The van der Waals surface area contributed by atoms with Gasteiger partial charge >= 0.3 is 0 Å². The fraction of sp³-hybridized carbons (Fsp3) is 1.00. The first-order valence-electron chi connectivity index (χ1n) is 6.48. The first-order valence-corrected chi connectivity index (χ1v) is 6.48. The van der Waals surface area contributed by atoms with Crippen LogP contribution in [-0.4, -0.2) is 54.0 Å². The number of likely N-dealkylation sites (N-methyl/N-ethyl adjacent to an activating group) is 1. The Morgan fingerprint density at radius 2 is 1.82 bits per heavy atom. The van der Waals surface area contributed by atoms with E-state index in [9.17, 15) is 10.2 Å². The Hall–Kier alpha value is -0.200. The highest BCUT2D eigenvalue weighted by molar-refractivity contribution is 4.91. The van der Waals surface area contributed by atoms with E-state index in [-0.39, 0.29) is 12.1 Å². The predicted molar refractivity (Wildman–Crippen MR) is 62.5 cm³/mol. The van der Waals surface area contributed by atoms with Gasteiger partial charge in [0.2, 0.25) is 0 Å². The summed E-state index contributed by atoms with van der Waals surface area (Å²) in [6, 6.07) is -0.373. The third-order valence-corrected chi connectivity index (χ3v) is 3.80. The molecule has 0 aromatic rings. The van der Waals surface area contributed by atoms with Crippen molar-refractivity contribution >= 4 is 0 Å². The molecule has 5 nitrogen and oxygen atoms in total. The highest BCUT2D eigenvalue weighted by atomic mass is 16.7. The summed E-state index contributed by atoms with van der Waals surface area (Å²) in [6.07, 6.45) is 2.14. The number of hydrogen-bond acceptors (Lipinski definition) is 5. The van der Waals surface area contributed by atoms with Gasteiger partial charge in [-0.3, -0.25) is 0 Å². The molecule has 1 heterocycles. The largest absolute Gasteiger partial charge is 0.388 e. The lowest BCUT2D eigenvalue weighted by molar-refractivity contribution is -0.272. The maximum atomic E-state index is 9.98. The summed E-state index contributed by atoms with van der Waals surface area (Å²) >= 11 is 0. The van der Waals surface area contributed by atoms with E-state index in [0.29, 0.717) is 0 Å². The van der Waals surface area contributed by atoms with Crippen LogP contribution in [0.4, 0.5) is 0 Å². The van der Waals surface area contributed by atoms with Crippen LogP contribution >= 0.6 is 0 Å². The summed E-state index contributed by atoms with van der Waals surface area (Å²) in [6.45, 7) is 1.75. The highest BCUT2D eigenvalue weighted by Crippen LogP contribution is 2.27. The average Bonchev–Trinajstić information content (AvgIpc) is 2.79. The van der Waals surface area contributed by atoms with Gasteiger partial charge in [0.15, 0.2) is 6.29 Å². The summed E-state index contributed by atoms with van der Waals surface area (Å²) in [5, 5.41) is 22.7. The Balaban J connectivity index is 1.98. The number of nitrogens with one attached hydrogen (secondary N) is 1. The molecule has 0 unspecified atom stereocenters. The van der Waals surface area contributed by atoms with Crippen molar-refractivity contribution in [1.29, 1.82) is 0 Å². The van der Waals surface area contributed by atoms with Gasteiger partial charge in [-0.05, 0) is 26.8 Å². The van der Waals surface area contributed by atoms with Gasteiger partial charge in [0.1, 0.15) is 12.2 Å². The van der Waals surface area contributed by atoms with E-state index in [1.54, 1.807) is 14.0 Å². The van der Waals surface area contributed by atoms with E-state index in [1.165, 1.54) is 12.8 Å². The number of rotatable bonds is 3. The lowest BCUT2D eigenvalue weighted by Crippen LogP contribution is -2.62. The molecule has 0 aromatic heterocycles. The quantitative estimate of drug-likeness (QED) is 0.653. The summed E-state index contributed by atoms with van der Waals surface area (Å²) in [5.41, 5.74) is 0. The minimum Gasteiger partial charge on any atom is -0.388 e. The first-order chi connectivity index (χ1) is 8.13.